The van der Waals surface area contributed by atoms with Gasteiger partial charge in [-0.1, -0.05) is 96.1 Å². The van der Waals surface area contributed by atoms with Gasteiger partial charge in [-0.25, -0.2) is 0 Å². The Morgan fingerprint density at radius 1 is 0.862 bits per heavy atom. The molecule has 0 saturated carbocycles. The molecule has 0 aliphatic rings. The number of esters is 1. The van der Waals surface area contributed by atoms with E-state index in [1.165, 1.54) is 76.7 Å². The van der Waals surface area contributed by atoms with Gasteiger partial charge in [0.1, 0.15) is 5.75 Å². The Morgan fingerprint density at radius 2 is 1.34 bits per heavy atom. The van der Waals surface area contributed by atoms with Gasteiger partial charge in [0.25, 0.3) is 0 Å². The van der Waals surface area contributed by atoms with Crippen LogP contribution < -0.4 is 4.74 Å². The van der Waals surface area contributed by atoms with Gasteiger partial charge < -0.3 is 4.74 Å². The summed E-state index contributed by atoms with van der Waals surface area (Å²) < 4.78 is 5.31. The second kappa shape index (κ2) is 16.8. The number of carbonyl (C=O) groups is 1. The Morgan fingerprint density at radius 3 is 1.83 bits per heavy atom. The summed E-state index contributed by atoms with van der Waals surface area (Å²) in [5, 5.41) is 10.3. The number of rotatable bonds is 17. The molecule has 0 unspecified atom stereocenters. The van der Waals surface area contributed by atoms with Crippen molar-refractivity contribution < 1.29 is 14.5 Å². The first-order valence-electron chi connectivity index (χ1n) is 11.2. The van der Waals surface area contributed by atoms with Gasteiger partial charge in [-0.15, -0.1) is 0 Å². The molecule has 0 bridgehead atoms. The molecular formula is C24H37NO4. The van der Waals surface area contributed by atoms with Gasteiger partial charge in [0.15, 0.2) is 0 Å². The molecule has 1 rings (SSSR count). The van der Waals surface area contributed by atoms with Crippen molar-refractivity contribution in [1.29, 1.82) is 0 Å². The number of benzene rings is 1. The molecule has 0 fully saturated rings. The van der Waals surface area contributed by atoms with Crippen LogP contribution in [0.5, 0.6) is 5.75 Å². The number of hydrogen-bond donors (Lipinski definition) is 0. The molecule has 0 atom stereocenters. The van der Waals surface area contributed by atoms with Crippen molar-refractivity contribution >= 4 is 12.0 Å². The smallest absolute Gasteiger partial charge is 0.311 e. The van der Waals surface area contributed by atoms with Gasteiger partial charge in [-0.05, 0) is 24.1 Å². The van der Waals surface area contributed by atoms with Crippen LogP contribution in [0, 0.1) is 10.1 Å². The summed E-state index contributed by atoms with van der Waals surface area (Å²) in [6.45, 7) is 2.25. The maximum absolute atomic E-state index is 11.9. The molecule has 0 N–H and O–H groups in total. The molecule has 162 valence electrons. The zero-order valence-corrected chi connectivity index (χ0v) is 17.9. The SMILES string of the molecule is CCCCCCCCCCCCCCCC(=O)Oc1ccc(/C=C/[N+](=O)[O-])cc1. The Bertz CT molecular complexity index is 595. The van der Waals surface area contributed by atoms with E-state index in [4.69, 9.17) is 4.74 Å². The van der Waals surface area contributed by atoms with Gasteiger partial charge in [0, 0.05) is 12.5 Å². The van der Waals surface area contributed by atoms with Crippen LogP contribution in [-0.2, 0) is 4.79 Å². The van der Waals surface area contributed by atoms with Crippen LogP contribution in [0.1, 0.15) is 102 Å². The number of hydrogen-bond acceptors (Lipinski definition) is 4. The lowest BCUT2D eigenvalue weighted by Crippen LogP contribution is -2.07. The Hall–Kier alpha value is -2.17. The lowest BCUT2D eigenvalue weighted by Gasteiger charge is -2.05. The molecule has 5 nitrogen and oxygen atoms in total. The molecule has 0 aliphatic carbocycles. The largest absolute Gasteiger partial charge is 0.427 e. The number of nitro groups is 1. The van der Waals surface area contributed by atoms with E-state index in [0.717, 1.165) is 19.0 Å². The molecular weight excluding hydrogens is 366 g/mol. The first kappa shape index (κ1) is 24.9. The lowest BCUT2D eigenvalue weighted by molar-refractivity contribution is -0.400. The molecule has 0 heterocycles. The topological polar surface area (TPSA) is 69.4 Å². The van der Waals surface area contributed by atoms with Crippen LogP contribution in [-0.4, -0.2) is 10.9 Å². The van der Waals surface area contributed by atoms with E-state index in [1.807, 2.05) is 0 Å². The van der Waals surface area contributed by atoms with E-state index in [9.17, 15) is 14.9 Å². The highest BCUT2D eigenvalue weighted by molar-refractivity contribution is 5.72. The summed E-state index contributed by atoms with van der Waals surface area (Å²) in [6.07, 6.45) is 19.3. The zero-order valence-electron chi connectivity index (χ0n) is 17.9. The summed E-state index contributed by atoms with van der Waals surface area (Å²) >= 11 is 0. The number of nitrogens with zero attached hydrogens (tertiary/aromatic N) is 1. The minimum Gasteiger partial charge on any atom is -0.427 e. The van der Waals surface area contributed by atoms with Gasteiger partial charge in [-0.2, -0.15) is 0 Å². The van der Waals surface area contributed by atoms with Gasteiger partial charge in [-0.3, -0.25) is 14.9 Å². The first-order valence-corrected chi connectivity index (χ1v) is 11.2. The van der Waals surface area contributed by atoms with Crippen LogP contribution >= 0.6 is 0 Å². The molecule has 1 aromatic rings. The molecule has 0 saturated heterocycles. The van der Waals surface area contributed by atoms with Gasteiger partial charge >= 0.3 is 5.97 Å². The fourth-order valence-electron chi connectivity index (χ4n) is 3.26. The molecule has 29 heavy (non-hydrogen) atoms. The van der Waals surface area contributed by atoms with E-state index in [1.54, 1.807) is 24.3 Å². The lowest BCUT2D eigenvalue weighted by atomic mass is 10.0. The van der Waals surface area contributed by atoms with Crippen molar-refractivity contribution in [2.45, 2.75) is 96.8 Å². The fourth-order valence-corrected chi connectivity index (χ4v) is 3.26. The van der Waals surface area contributed by atoms with E-state index in [0.29, 0.717) is 17.7 Å². The maximum Gasteiger partial charge on any atom is 0.311 e. The fraction of sp³-hybridized carbons (Fsp3) is 0.625. The third-order valence-corrected chi connectivity index (χ3v) is 4.98. The minimum atomic E-state index is -0.510. The summed E-state index contributed by atoms with van der Waals surface area (Å²) in [7, 11) is 0. The minimum absolute atomic E-state index is 0.221. The second-order valence-electron chi connectivity index (χ2n) is 7.64. The third kappa shape index (κ3) is 14.5. The summed E-state index contributed by atoms with van der Waals surface area (Å²) in [5.41, 5.74) is 0.693. The number of carbonyl (C=O) groups excluding carboxylic acids is 1. The zero-order chi connectivity index (χ0) is 21.2. The predicted octanol–water partition coefficient (Wildman–Crippen LogP) is 7.32. The quantitative estimate of drug-likeness (QED) is 0.0898. The molecule has 0 radical (unpaired) electrons. The third-order valence-electron chi connectivity index (χ3n) is 4.98. The van der Waals surface area contributed by atoms with E-state index in [2.05, 4.69) is 6.92 Å². The summed E-state index contributed by atoms with van der Waals surface area (Å²) in [5.74, 6) is 0.254. The van der Waals surface area contributed by atoms with Crippen LogP contribution in [0.2, 0.25) is 0 Å². The average Bonchev–Trinajstić information content (AvgIpc) is 2.71. The summed E-state index contributed by atoms with van der Waals surface area (Å²) in [4.78, 5) is 21.7. The van der Waals surface area contributed by atoms with Gasteiger partial charge in [0.05, 0.1) is 4.92 Å². The van der Waals surface area contributed by atoms with Crippen LogP contribution in [0.25, 0.3) is 6.08 Å². The number of ether oxygens (including phenoxy) is 1. The highest BCUT2D eigenvalue weighted by atomic mass is 16.6. The molecule has 5 heteroatoms. The van der Waals surface area contributed by atoms with Crippen molar-refractivity contribution in [2.24, 2.45) is 0 Å². The monoisotopic (exact) mass is 403 g/mol. The van der Waals surface area contributed by atoms with Crippen molar-refractivity contribution in [3.8, 4) is 5.75 Å². The molecule has 0 amide bonds. The summed E-state index contributed by atoms with van der Waals surface area (Å²) in [6, 6.07) is 6.68. The van der Waals surface area contributed by atoms with E-state index in [-0.39, 0.29) is 5.97 Å². The highest BCUT2D eigenvalue weighted by Crippen LogP contribution is 2.16. The Kier molecular flexibility index (Phi) is 14.4. The predicted molar refractivity (Wildman–Crippen MR) is 118 cm³/mol. The molecule has 0 aliphatic heterocycles. The van der Waals surface area contributed by atoms with Crippen LogP contribution in [0.15, 0.2) is 30.5 Å². The Labute approximate surface area is 175 Å². The van der Waals surface area contributed by atoms with Gasteiger partial charge in [0.2, 0.25) is 6.20 Å². The standard InChI is InChI=1S/C24H37NO4/c1-2-3-4-5-6-7-8-9-10-11-12-13-14-15-24(26)29-23-18-16-22(17-19-23)20-21-25(27)28/h16-21H,2-15H2,1H3/b21-20+. The molecule has 1 aromatic carbocycles. The van der Waals surface area contributed by atoms with Crippen LogP contribution in [0.4, 0.5) is 0 Å². The maximum atomic E-state index is 11.9. The normalized spacial score (nSPS) is 11.1. The highest BCUT2D eigenvalue weighted by Gasteiger charge is 2.05. The van der Waals surface area contributed by atoms with Crippen molar-refractivity contribution in [2.75, 3.05) is 0 Å². The van der Waals surface area contributed by atoms with Crippen LogP contribution in [0.3, 0.4) is 0 Å². The first-order chi connectivity index (χ1) is 14.1. The van der Waals surface area contributed by atoms with Crippen molar-refractivity contribution in [3.63, 3.8) is 0 Å². The second-order valence-corrected chi connectivity index (χ2v) is 7.64. The van der Waals surface area contributed by atoms with E-state index < -0.39 is 4.92 Å². The average molecular weight is 404 g/mol. The molecule has 0 aromatic heterocycles. The van der Waals surface area contributed by atoms with Crippen molar-refractivity contribution in [1.82, 2.24) is 0 Å². The molecule has 0 spiro atoms. The van der Waals surface area contributed by atoms with Crippen molar-refractivity contribution in [3.05, 3.63) is 46.1 Å². The number of unbranched alkanes of at least 4 members (excludes halogenated alkanes) is 12. The Balaban J connectivity index is 1.98. The van der Waals surface area contributed by atoms with E-state index >= 15 is 0 Å².